The maximum Gasteiger partial charge on any atom is 0.434 e. The van der Waals surface area contributed by atoms with Crippen molar-refractivity contribution in [2.24, 2.45) is 5.92 Å². The number of nitrogens with zero attached hydrogens (tertiary/aromatic N) is 2. The Morgan fingerprint density at radius 3 is 2.18 bits per heavy atom. The number of alkyl halides is 6. The van der Waals surface area contributed by atoms with Gasteiger partial charge in [0.2, 0.25) is 0 Å². The van der Waals surface area contributed by atoms with Crippen molar-refractivity contribution in [2.45, 2.75) is 50.9 Å². The highest BCUT2D eigenvalue weighted by atomic mass is 19.4. The highest BCUT2D eigenvalue weighted by molar-refractivity contribution is 5.71. The summed E-state index contributed by atoms with van der Waals surface area (Å²) >= 11 is 0. The zero-order valence-corrected chi connectivity index (χ0v) is 18.2. The third kappa shape index (κ3) is 6.45. The molecule has 0 radical (unpaired) electrons. The van der Waals surface area contributed by atoms with Crippen molar-refractivity contribution >= 4 is 12.1 Å². The monoisotopic (exact) mass is 498 g/mol. The van der Waals surface area contributed by atoms with Gasteiger partial charge in [-0.3, -0.25) is 9.69 Å². The largest absolute Gasteiger partial charge is 0.490 e. The first-order valence-electron chi connectivity index (χ1n) is 10.5. The number of ether oxygens (including phenoxy) is 2. The Morgan fingerprint density at radius 2 is 1.65 bits per heavy atom. The summed E-state index contributed by atoms with van der Waals surface area (Å²) in [4.78, 5) is 25.6. The predicted molar refractivity (Wildman–Crippen MR) is 105 cm³/mol. The van der Waals surface area contributed by atoms with Crippen LogP contribution < -0.4 is 4.74 Å². The van der Waals surface area contributed by atoms with Crippen LogP contribution in [0.1, 0.15) is 24.0 Å². The van der Waals surface area contributed by atoms with Crippen LogP contribution in [0.5, 0.6) is 5.75 Å². The molecule has 0 atom stereocenters. The van der Waals surface area contributed by atoms with Gasteiger partial charge in [0.15, 0.2) is 0 Å². The first kappa shape index (κ1) is 25.9. The van der Waals surface area contributed by atoms with E-state index in [2.05, 4.69) is 4.74 Å². The number of aliphatic carboxylic acids is 1. The summed E-state index contributed by atoms with van der Waals surface area (Å²) in [6, 6.07) is 5.53. The average Bonchev–Trinajstić information content (AvgIpc) is 2.68. The predicted octanol–water partition coefficient (Wildman–Crippen LogP) is 3.98. The Hall–Kier alpha value is -2.70. The number of hydrogen-bond donors (Lipinski definition) is 1. The number of piperazine rings is 1. The molecule has 1 saturated carbocycles. The number of rotatable bonds is 6. The minimum Gasteiger partial charge on any atom is -0.490 e. The molecule has 1 N–H and O–H groups in total. The summed E-state index contributed by atoms with van der Waals surface area (Å²) in [7, 11) is 0. The minimum absolute atomic E-state index is 0.105. The molecule has 190 valence electrons. The van der Waals surface area contributed by atoms with Crippen molar-refractivity contribution < 1.29 is 50.5 Å². The molecule has 2 aliphatic rings. The number of benzene rings is 1. The Morgan fingerprint density at radius 1 is 1.06 bits per heavy atom. The number of carbonyl (C=O) groups excluding carboxylic acids is 1. The highest BCUT2D eigenvalue weighted by Gasteiger charge is 2.60. The van der Waals surface area contributed by atoms with E-state index in [1.807, 2.05) is 30.0 Å². The number of hydrogen-bond acceptors (Lipinski definition) is 5. The smallest absolute Gasteiger partial charge is 0.434 e. The van der Waals surface area contributed by atoms with Gasteiger partial charge in [-0.05, 0) is 31.4 Å². The number of halogens is 6. The molecule has 1 aromatic rings. The maximum atomic E-state index is 12.6. The molecule has 3 rings (SSSR count). The van der Waals surface area contributed by atoms with Gasteiger partial charge in [-0.15, -0.1) is 0 Å². The van der Waals surface area contributed by atoms with Gasteiger partial charge < -0.3 is 19.5 Å². The van der Waals surface area contributed by atoms with Crippen molar-refractivity contribution in [3.8, 4) is 5.75 Å². The van der Waals surface area contributed by atoms with Crippen LogP contribution in [0, 0.1) is 12.8 Å². The number of carbonyl (C=O) groups is 2. The second kappa shape index (κ2) is 9.88. The standard InChI is InChI=1S/C21H24F6N2O5/c1-12-2-3-13(16(8-12)33-15-9-14(10-15)17(30)31)11-28-4-6-29(7-5-28)19(32)34-18(20(22,23)24)21(25,26)27/h2-3,8,14-15,18H,4-7,9-11H2,1H3,(H,30,31). The van der Waals surface area contributed by atoms with E-state index in [4.69, 9.17) is 9.84 Å². The highest BCUT2D eigenvalue weighted by Crippen LogP contribution is 2.36. The fraction of sp³-hybridized carbons (Fsp3) is 0.619. The summed E-state index contributed by atoms with van der Waals surface area (Å²) < 4.78 is 85.5. The van der Waals surface area contributed by atoms with Gasteiger partial charge in [0.05, 0.1) is 5.92 Å². The first-order valence-corrected chi connectivity index (χ1v) is 10.5. The summed E-state index contributed by atoms with van der Waals surface area (Å²) in [5, 5.41) is 9.01. The van der Waals surface area contributed by atoms with E-state index < -0.39 is 36.4 Å². The van der Waals surface area contributed by atoms with Crippen LogP contribution in [0.25, 0.3) is 0 Å². The zero-order valence-electron chi connectivity index (χ0n) is 18.2. The van der Waals surface area contributed by atoms with Crippen LogP contribution in [0.2, 0.25) is 0 Å². The molecule has 2 fully saturated rings. The normalized spacial score (nSPS) is 21.8. The average molecular weight is 498 g/mol. The molecule has 13 heteroatoms. The van der Waals surface area contributed by atoms with Crippen LogP contribution in [0.15, 0.2) is 18.2 Å². The molecule has 0 bridgehead atoms. The van der Waals surface area contributed by atoms with Crippen LogP contribution in [0.4, 0.5) is 31.1 Å². The lowest BCUT2D eigenvalue weighted by molar-refractivity contribution is -0.308. The summed E-state index contributed by atoms with van der Waals surface area (Å²) in [5.41, 5.74) is 1.74. The van der Waals surface area contributed by atoms with Gasteiger partial charge in [0.25, 0.3) is 6.10 Å². The van der Waals surface area contributed by atoms with E-state index in [0.29, 0.717) is 25.1 Å². The van der Waals surface area contributed by atoms with Gasteiger partial charge in [-0.2, -0.15) is 26.3 Å². The molecular formula is C21H24F6N2O5. The van der Waals surface area contributed by atoms with E-state index in [9.17, 15) is 35.9 Å². The molecule has 7 nitrogen and oxygen atoms in total. The lowest BCUT2D eigenvalue weighted by Gasteiger charge is -2.36. The van der Waals surface area contributed by atoms with E-state index in [0.717, 1.165) is 16.0 Å². The number of carboxylic acids is 1. The van der Waals surface area contributed by atoms with Crippen LogP contribution in [0.3, 0.4) is 0 Å². The van der Waals surface area contributed by atoms with Crippen LogP contribution in [-0.4, -0.2) is 77.7 Å². The quantitative estimate of drug-likeness (QED) is 0.598. The van der Waals surface area contributed by atoms with Gasteiger partial charge >= 0.3 is 24.4 Å². The molecular weight excluding hydrogens is 474 g/mol. The maximum absolute atomic E-state index is 12.6. The van der Waals surface area contributed by atoms with E-state index in [-0.39, 0.29) is 32.3 Å². The first-order chi connectivity index (χ1) is 15.7. The van der Waals surface area contributed by atoms with Gasteiger partial charge in [-0.25, -0.2) is 4.79 Å². The van der Waals surface area contributed by atoms with Gasteiger partial charge in [0, 0.05) is 38.3 Å². The molecule has 0 unspecified atom stereocenters. The second-order valence-electron chi connectivity index (χ2n) is 8.47. The van der Waals surface area contributed by atoms with E-state index in [1.54, 1.807) is 0 Å². The number of amides is 1. The van der Waals surface area contributed by atoms with Gasteiger partial charge in [-0.1, -0.05) is 12.1 Å². The van der Waals surface area contributed by atoms with Crippen molar-refractivity contribution in [1.29, 1.82) is 0 Å². The number of carboxylic acid groups (broad SMARTS) is 1. The molecule has 34 heavy (non-hydrogen) atoms. The summed E-state index contributed by atoms with van der Waals surface area (Å²) in [6.07, 6.45) is -16.8. The molecule has 1 saturated heterocycles. The Balaban J connectivity index is 1.55. The Labute approximate surface area is 191 Å². The van der Waals surface area contributed by atoms with Crippen molar-refractivity contribution in [2.75, 3.05) is 26.2 Å². The van der Waals surface area contributed by atoms with Crippen molar-refractivity contribution in [3.05, 3.63) is 29.3 Å². The molecule has 0 aromatic heterocycles. The minimum atomic E-state index is -5.76. The van der Waals surface area contributed by atoms with Crippen LogP contribution >= 0.6 is 0 Å². The lowest BCUT2D eigenvalue weighted by Crippen LogP contribution is -2.52. The Bertz CT molecular complexity index is 879. The Kier molecular flexibility index (Phi) is 7.53. The molecule has 1 amide bonds. The molecule has 1 heterocycles. The summed E-state index contributed by atoms with van der Waals surface area (Å²) in [5.74, 6) is -0.702. The SMILES string of the molecule is Cc1ccc(CN2CCN(C(=O)OC(C(F)(F)F)C(F)(F)F)CC2)c(OC2CC(C(=O)O)C2)c1. The van der Waals surface area contributed by atoms with Gasteiger partial charge in [0.1, 0.15) is 11.9 Å². The molecule has 1 aliphatic heterocycles. The molecule has 1 aromatic carbocycles. The zero-order chi connectivity index (χ0) is 25.3. The fourth-order valence-electron chi connectivity index (χ4n) is 3.77. The molecule has 0 spiro atoms. The van der Waals surface area contributed by atoms with Crippen molar-refractivity contribution in [3.63, 3.8) is 0 Å². The fourth-order valence-corrected chi connectivity index (χ4v) is 3.77. The summed E-state index contributed by atoms with van der Waals surface area (Å²) in [6.45, 7) is 2.45. The third-order valence-corrected chi connectivity index (χ3v) is 5.80. The second-order valence-corrected chi connectivity index (χ2v) is 8.47. The topological polar surface area (TPSA) is 79.3 Å². The third-order valence-electron chi connectivity index (χ3n) is 5.80. The lowest BCUT2D eigenvalue weighted by atomic mass is 9.82. The van der Waals surface area contributed by atoms with Crippen LogP contribution in [-0.2, 0) is 16.1 Å². The van der Waals surface area contributed by atoms with Crippen molar-refractivity contribution in [1.82, 2.24) is 9.80 Å². The molecule has 1 aliphatic carbocycles. The van der Waals surface area contributed by atoms with E-state index >= 15 is 0 Å². The van der Waals surface area contributed by atoms with E-state index in [1.165, 1.54) is 0 Å². The number of aryl methyl sites for hydroxylation is 1.